The number of halogens is 1. The van der Waals surface area contributed by atoms with Crippen molar-refractivity contribution in [2.24, 2.45) is 18.9 Å². The van der Waals surface area contributed by atoms with Crippen LogP contribution in [-0.2, 0) is 13.5 Å². The molecule has 0 radical (unpaired) electrons. The Balaban J connectivity index is 1.93. The second kappa shape index (κ2) is 5.90. The third-order valence-electron chi connectivity index (χ3n) is 3.95. The predicted octanol–water partition coefficient (Wildman–Crippen LogP) is 3.79. The fourth-order valence-electron chi connectivity index (χ4n) is 3.09. The van der Waals surface area contributed by atoms with Crippen LogP contribution < -0.4 is 0 Å². The van der Waals surface area contributed by atoms with Crippen molar-refractivity contribution < 1.29 is 0 Å². The highest BCUT2D eigenvalue weighted by atomic mass is 35.5. The Hall–Kier alpha value is -0.500. The van der Waals surface area contributed by atoms with Crippen molar-refractivity contribution in [1.29, 1.82) is 0 Å². The fraction of sp³-hybridized carbons (Fsp3) is 0.786. The van der Waals surface area contributed by atoms with E-state index in [4.69, 9.17) is 11.6 Å². The van der Waals surface area contributed by atoms with Crippen molar-refractivity contribution in [3.63, 3.8) is 0 Å². The minimum Gasteiger partial charge on any atom is -0.276 e. The summed E-state index contributed by atoms with van der Waals surface area (Å²) in [5.74, 6) is 1.54. The van der Waals surface area contributed by atoms with Crippen LogP contribution in [0, 0.1) is 11.8 Å². The monoisotopic (exact) mass is 254 g/mol. The molecule has 1 aliphatic rings. The third-order valence-corrected chi connectivity index (χ3v) is 4.53. The summed E-state index contributed by atoms with van der Waals surface area (Å²) < 4.78 is 1.88. The maximum Gasteiger partial charge on any atom is 0.0521 e. The van der Waals surface area contributed by atoms with E-state index in [1.807, 2.05) is 17.9 Å². The van der Waals surface area contributed by atoms with Crippen LogP contribution >= 0.6 is 11.6 Å². The average Bonchev–Trinajstić information content (AvgIpc) is 2.69. The minimum atomic E-state index is 0.364. The molecule has 0 aromatic carbocycles. The lowest BCUT2D eigenvalue weighted by molar-refractivity contribution is 0.257. The smallest absolute Gasteiger partial charge is 0.0521 e. The summed E-state index contributed by atoms with van der Waals surface area (Å²) in [7, 11) is 1.97. The number of aromatic nitrogens is 2. The molecule has 3 unspecified atom stereocenters. The molecule has 2 nitrogen and oxygen atoms in total. The van der Waals surface area contributed by atoms with E-state index in [1.54, 1.807) is 0 Å². The number of aryl methyl sites for hydroxylation is 1. The molecule has 2 rings (SSSR count). The zero-order valence-corrected chi connectivity index (χ0v) is 11.7. The van der Waals surface area contributed by atoms with Gasteiger partial charge in [-0.2, -0.15) is 5.10 Å². The SMILES string of the molecule is CCCC1CCC(Cl)C(Cc2cnn(C)c2)C1. The third kappa shape index (κ3) is 3.48. The van der Waals surface area contributed by atoms with Crippen molar-refractivity contribution >= 4 is 11.6 Å². The molecule has 1 heterocycles. The highest BCUT2D eigenvalue weighted by molar-refractivity contribution is 6.20. The second-order valence-electron chi connectivity index (χ2n) is 5.47. The summed E-state index contributed by atoms with van der Waals surface area (Å²) in [4.78, 5) is 0. The Bertz CT molecular complexity index is 348. The largest absolute Gasteiger partial charge is 0.276 e. The molecule has 0 bridgehead atoms. The molecule has 1 saturated carbocycles. The van der Waals surface area contributed by atoms with E-state index < -0.39 is 0 Å². The van der Waals surface area contributed by atoms with Crippen molar-refractivity contribution in [3.05, 3.63) is 18.0 Å². The first kappa shape index (κ1) is 12.9. The predicted molar refractivity (Wildman–Crippen MR) is 72.3 cm³/mol. The van der Waals surface area contributed by atoms with Gasteiger partial charge in [0, 0.05) is 18.6 Å². The van der Waals surface area contributed by atoms with Gasteiger partial charge in [0.15, 0.2) is 0 Å². The number of nitrogens with zero attached hydrogens (tertiary/aromatic N) is 2. The van der Waals surface area contributed by atoms with Crippen LogP contribution in [-0.4, -0.2) is 15.2 Å². The van der Waals surface area contributed by atoms with E-state index in [1.165, 1.54) is 37.7 Å². The van der Waals surface area contributed by atoms with E-state index in [9.17, 15) is 0 Å². The molecular formula is C14H23ClN2. The molecule has 1 aliphatic carbocycles. The van der Waals surface area contributed by atoms with Crippen molar-refractivity contribution in [3.8, 4) is 0 Å². The maximum absolute atomic E-state index is 6.48. The van der Waals surface area contributed by atoms with Crippen LogP contribution in [0.15, 0.2) is 12.4 Å². The van der Waals surface area contributed by atoms with Crippen LogP contribution in [0.2, 0.25) is 0 Å². The van der Waals surface area contributed by atoms with Gasteiger partial charge in [0.2, 0.25) is 0 Å². The molecule has 0 aliphatic heterocycles. The molecule has 1 aromatic rings. The molecule has 0 amide bonds. The first-order valence-electron chi connectivity index (χ1n) is 6.80. The van der Waals surface area contributed by atoms with Gasteiger partial charge in [-0.05, 0) is 43.1 Å². The Morgan fingerprint density at radius 3 is 2.94 bits per heavy atom. The number of alkyl halides is 1. The van der Waals surface area contributed by atoms with Crippen LogP contribution in [0.4, 0.5) is 0 Å². The quantitative estimate of drug-likeness (QED) is 0.748. The van der Waals surface area contributed by atoms with Gasteiger partial charge in [-0.15, -0.1) is 11.6 Å². The van der Waals surface area contributed by atoms with Crippen molar-refractivity contribution in [1.82, 2.24) is 9.78 Å². The topological polar surface area (TPSA) is 17.8 Å². The van der Waals surface area contributed by atoms with E-state index >= 15 is 0 Å². The summed E-state index contributed by atoms with van der Waals surface area (Å²) in [6.07, 6.45) is 11.7. The lowest BCUT2D eigenvalue weighted by atomic mass is 9.77. The van der Waals surface area contributed by atoms with Gasteiger partial charge < -0.3 is 0 Å². The number of hydrogen-bond acceptors (Lipinski definition) is 1. The fourth-order valence-corrected chi connectivity index (χ4v) is 3.40. The van der Waals surface area contributed by atoms with Crippen LogP contribution in [0.25, 0.3) is 0 Å². The molecule has 17 heavy (non-hydrogen) atoms. The van der Waals surface area contributed by atoms with Gasteiger partial charge in [-0.1, -0.05) is 19.8 Å². The maximum atomic E-state index is 6.48. The van der Waals surface area contributed by atoms with E-state index in [0.29, 0.717) is 11.3 Å². The summed E-state index contributed by atoms with van der Waals surface area (Å²) >= 11 is 6.48. The molecular weight excluding hydrogens is 232 g/mol. The lowest BCUT2D eigenvalue weighted by Crippen LogP contribution is -2.27. The van der Waals surface area contributed by atoms with Gasteiger partial charge in [0.25, 0.3) is 0 Å². The Labute approximate surface area is 109 Å². The van der Waals surface area contributed by atoms with E-state index in [0.717, 1.165) is 12.3 Å². The molecule has 0 saturated heterocycles. The molecule has 0 N–H and O–H groups in total. The minimum absolute atomic E-state index is 0.364. The Kier molecular flexibility index (Phi) is 4.49. The first-order chi connectivity index (χ1) is 8.19. The molecule has 96 valence electrons. The van der Waals surface area contributed by atoms with Gasteiger partial charge in [-0.3, -0.25) is 4.68 Å². The van der Waals surface area contributed by atoms with Crippen LogP contribution in [0.5, 0.6) is 0 Å². The van der Waals surface area contributed by atoms with Gasteiger partial charge in [0.1, 0.15) is 0 Å². The van der Waals surface area contributed by atoms with Crippen LogP contribution in [0.3, 0.4) is 0 Å². The Morgan fingerprint density at radius 1 is 1.47 bits per heavy atom. The summed E-state index contributed by atoms with van der Waals surface area (Å²) in [6.45, 7) is 2.28. The molecule has 3 atom stereocenters. The highest BCUT2D eigenvalue weighted by Crippen LogP contribution is 2.36. The van der Waals surface area contributed by atoms with E-state index in [2.05, 4.69) is 18.2 Å². The molecule has 1 fully saturated rings. The van der Waals surface area contributed by atoms with Gasteiger partial charge in [-0.25, -0.2) is 0 Å². The van der Waals surface area contributed by atoms with Crippen molar-refractivity contribution in [2.45, 2.75) is 50.8 Å². The van der Waals surface area contributed by atoms with Gasteiger partial charge in [0.05, 0.1) is 6.20 Å². The zero-order valence-electron chi connectivity index (χ0n) is 10.9. The summed E-state index contributed by atoms with van der Waals surface area (Å²) in [6, 6.07) is 0. The van der Waals surface area contributed by atoms with E-state index in [-0.39, 0.29) is 0 Å². The van der Waals surface area contributed by atoms with Gasteiger partial charge >= 0.3 is 0 Å². The lowest BCUT2D eigenvalue weighted by Gasteiger charge is -2.32. The second-order valence-corrected chi connectivity index (χ2v) is 6.03. The standard InChI is InChI=1S/C14H23ClN2/c1-3-4-11-5-6-14(15)13(7-11)8-12-9-16-17(2)10-12/h9-11,13-14H,3-8H2,1-2H3. The molecule has 0 spiro atoms. The first-order valence-corrected chi connectivity index (χ1v) is 7.24. The zero-order chi connectivity index (χ0) is 12.3. The molecule has 3 heteroatoms. The normalized spacial score (nSPS) is 29.5. The highest BCUT2D eigenvalue weighted by Gasteiger charge is 2.28. The summed E-state index contributed by atoms with van der Waals surface area (Å²) in [5.41, 5.74) is 1.33. The summed E-state index contributed by atoms with van der Waals surface area (Å²) in [5, 5.41) is 4.60. The average molecular weight is 255 g/mol. The number of hydrogen-bond donors (Lipinski definition) is 0. The molecule has 1 aromatic heterocycles. The van der Waals surface area contributed by atoms with Crippen molar-refractivity contribution in [2.75, 3.05) is 0 Å². The van der Waals surface area contributed by atoms with Crippen LogP contribution in [0.1, 0.15) is 44.6 Å². The Morgan fingerprint density at radius 2 is 2.29 bits per heavy atom. The number of rotatable bonds is 4.